The van der Waals surface area contributed by atoms with E-state index in [-0.39, 0.29) is 90.2 Å². The summed E-state index contributed by atoms with van der Waals surface area (Å²) in [5, 5.41) is 14.3. The maximum atomic E-state index is 6.03. The summed E-state index contributed by atoms with van der Waals surface area (Å²) in [6, 6.07) is 118. The van der Waals surface area contributed by atoms with Crippen molar-refractivity contribution in [2.24, 2.45) is 0 Å². The molecule has 132 heavy (non-hydrogen) atoms. The standard InChI is InChI=1S/2C26H15N3O3.2C26H15N3O2S.4Pt/c1-2-11-23-21(9-1)22-10-6-14-28-26(22)29(23)18-15-25(30-17-18)32-20-8-5-7-19(16-20)31-24-12-3-4-13-27-24;1-2-11-23-21(9-1)22-10-6-14-28-26(22)29(23)25-16-20(17-30-25)31-18-7-5-8-19(15-18)32-24-12-3-4-13-27-24;1-2-11-23-21(9-1)22-10-6-14-28-26(22)29(23)18-15-25(32-17-18)31-20-8-5-7-19(16-20)30-24-12-3-4-13-27-24;1-2-11-23-21(9-1)22-10-6-14-28-26(22)29(23)25-16-20(17-32-25)30-18-7-5-8-19(15-18)31-24-12-3-4-13-27-24;;;;/h4*1-14,17H;;;;/q4*-2;4*+2. The van der Waals surface area contributed by atoms with E-state index in [1.54, 1.807) is 103 Å². The number of furan rings is 2. The number of rotatable bonds is 20. The summed E-state index contributed by atoms with van der Waals surface area (Å²) in [5.74, 6) is 7.76. The summed E-state index contributed by atoms with van der Waals surface area (Å²) in [5.41, 5.74) is 9.17. The van der Waals surface area contributed by atoms with Gasteiger partial charge in [-0.3, -0.25) is 4.57 Å². The molecule has 0 amide bonds. The first kappa shape index (κ1) is 89.3. The Labute approximate surface area is 819 Å². The third kappa shape index (κ3) is 19.6. The molecule has 0 fully saturated rings. The number of thiophene rings is 2. The third-order valence-electron chi connectivity index (χ3n) is 19.9. The monoisotopic (exact) mass is 2480 g/mol. The van der Waals surface area contributed by atoms with Crippen LogP contribution in [0.25, 0.3) is 110 Å². The minimum Gasteiger partial charge on any atom is -0.551 e. The molecule has 0 saturated carbocycles. The van der Waals surface area contributed by atoms with E-state index >= 15 is 0 Å². The van der Waals surface area contributed by atoms with Crippen LogP contribution in [0.15, 0.2) is 373 Å². The van der Waals surface area contributed by atoms with E-state index in [1.807, 2.05) is 220 Å². The van der Waals surface area contributed by atoms with Gasteiger partial charge in [0, 0.05) is 163 Å². The van der Waals surface area contributed by atoms with Gasteiger partial charge in [0.05, 0.1) is 33.0 Å². The molecule has 0 N–H and O–H groups in total. The Morgan fingerprint density at radius 1 is 0.227 bits per heavy atom. The molecule has 0 bridgehead atoms. The first-order chi connectivity index (χ1) is 63.4. The first-order valence-corrected chi connectivity index (χ1v) is 41.7. The quantitative estimate of drug-likeness (QED) is 0.0647. The molecule has 16 heterocycles. The van der Waals surface area contributed by atoms with Gasteiger partial charge in [-0.1, -0.05) is 127 Å². The average molecular weight is 2480 g/mol. The summed E-state index contributed by atoms with van der Waals surface area (Å²) < 4.78 is 66.4. The fourth-order valence-corrected chi connectivity index (χ4v) is 16.0. The van der Waals surface area contributed by atoms with Crippen LogP contribution < -0.4 is 37.9 Å². The Hall–Kier alpha value is -14.7. The van der Waals surface area contributed by atoms with Gasteiger partial charge in [-0.15, -0.1) is 77.1 Å². The number of hydrogen-bond donors (Lipinski definition) is 0. The van der Waals surface area contributed by atoms with Gasteiger partial charge in [-0.05, 0) is 126 Å². The van der Waals surface area contributed by atoms with Crippen LogP contribution in [-0.4, -0.2) is 58.1 Å². The van der Waals surface area contributed by atoms with Crippen LogP contribution in [0.1, 0.15) is 0 Å². The molecule has 22 nitrogen and oxygen atoms in total. The van der Waals surface area contributed by atoms with E-state index in [0.717, 1.165) is 98.4 Å². The number of fused-ring (bicyclic) bond motifs is 12. The zero-order chi connectivity index (χ0) is 85.3. The first-order valence-electron chi connectivity index (χ1n) is 40.0. The number of hydrogen-bond acceptors (Lipinski definition) is 20. The molecular formula is C104H60N12O10Pt4S2. The maximum Gasteiger partial charge on any atom is 2.00 e. The van der Waals surface area contributed by atoms with Crippen LogP contribution in [0, 0.1) is 48.5 Å². The topological polar surface area (TPSA) is 223 Å². The summed E-state index contributed by atoms with van der Waals surface area (Å²) >= 11 is 3.02. The second-order valence-corrected chi connectivity index (χ2v) is 29.7. The van der Waals surface area contributed by atoms with Crippen molar-refractivity contribution in [3.05, 3.63) is 413 Å². The summed E-state index contributed by atoms with van der Waals surface area (Å²) in [6.45, 7) is 0. The molecule has 0 aliphatic carbocycles. The Morgan fingerprint density at radius 2 is 0.568 bits per heavy atom. The normalized spacial score (nSPS) is 10.8. The zero-order valence-corrected chi connectivity index (χ0v) is 78.9. The summed E-state index contributed by atoms with van der Waals surface area (Å²) in [6.07, 6.45) is 17.0. The van der Waals surface area contributed by atoms with Crippen LogP contribution in [-0.2, 0) is 84.3 Å². The van der Waals surface area contributed by atoms with Crippen LogP contribution in [0.3, 0.4) is 0 Å². The molecule has 24 aromatic rings. The second kappa shape index (κ2) is 41.4. The SMILES string of the molecule is [Pt+2].[Pt+2].[Pt+2].[Pt+2].[c-]1c(Oc2[c-]c(-n3c4ccccc4c4cccnc43)oc2)cccc1Oc1ccccn1.[c-]1c(Oc2[c-]c(-n3c4ccccc4c4cccnc43)sc2)cccc1Oc1ccccn1.[c-]1c(Oc2ccccn2)cccc1Oc1[c-]c(-n2c3ccccc3c3cccnc32)co1.[c-]1c(Oc2ccccn2)cccc1Oc1[c-]c(-n2c3ccccc3c3cccnc32)cs1. The summed E-state index contributed by atoms with van der Waals surface area (Å²) in [4.78, 5) is 35.0. The van der Waals surface area contributed by atoms with E-state index in [0.29, 0.717) is 97.6 Å². The van der Waals surface area contributed by atoms with Gasteiger partial charge in [-0.25, -0.2) is 62.5 Å². The third-order valence-corrected chi connectivity index (χ3v) is 21.5. The van der Waals surface area contributed by atoms with Crippen molar-refractivity contribution in [2.75, 3.05) is 0 Å². The number of para-hydroxylation sites is 4. The molecule has 0 atom stereocenters. The van der Waals surface area contributed by atoms with Gasteiger partial charge in [0.25, 0.3) is 0 Å². The zero-order valence-electron chi connectivity index (χ0n) is 68.2. The van der Waals surface area contributed by atoms with Crippen molar-refractivity contribution in [3.63, 3.8) is 0 Å². The van der Waals surface area contributed by atoms with Crippen LogP contribution >= 0.6 is 22.7 Å². The fraction of sp³-hybridized carbons (Fsp3) is 0. The average Bonchev–Trinajstić information content (AvgIpc) is 1.61. The number of pyridine rings is 8. The molecular weight excluding hydrogens is 2420 g/mol. The molecule has 8 aromatic carbocycles. The molecule has 0 saturated heterocycles. The maximum absolute atomic E-state index is 6.03. The predicted molar refractivity (Wildman–Crippen MR) is 489 cm³/mol. The van der Waals surface area contributed by atoms with Gasteiger partial charge < -0.3 is 60.4 Å². The number of ether oxygens (including phenoxy) is 8. The van der Waals surface area contributed by atoms with Crippen molar-refractivity contribution in [2.45, 2.75) is 0 Å². The van der Waals surface area contributed by atoms with Gasteiger partial charge in [0.2, 0.25) is 23.5 Å². The molecule has 24 rings (SSSR count). The Kier molecular flexibility index (Phi) is 28.0. The number of nitrogens with zero attached hydrogens (tertiary/aromatic N) is 12. The molecule has 0 spiro atoms. The van der Waals surface area contributed by atoms with E-state index in [1.165, 1.54) is 17.6 Å². The minimum atomic E-state index is 0. The van der Waals surface area contributed by atoms with E-state index in [2.05, 4.69) is 152 Å². The van der Waals surface area contributed by atoms with Crippen molar-refractivity contribution >= 4 is 110 Å². The van der Waals surface area contributed by atoms with Gasteiger partial charge in [0.15, 0.2) is 5.95 Å². The van der Waals surface area contributed by atoms with Gasteiger partial charge >= 0.3 is 84.3 Å². The fourth-order valence-electron chi connectivity index (χ4n) is 14.5. The van der Waals surface area contributed by atoms with Crippen molar-refractivity contribution in [1.29, 1.82) is 0 Å². The molecule has 28 heteroatoms. The molecule has 648 valence electrons. The largest absolute Gasteiger partial charge is 2.00 e. The molecule has 0 aliphatic heterocycles. The van der Waals surface area contributed by atoms with E-state index < -0.39 is 0 Å². The second-order valence-electron chi connectivity index (χ2n) is 28.0. The van der Waals surface area contributed by atoms with Crippen LogP contribution in [0.5, 0.6) is 92.0 Å². The predicted octanol–water partition coefficient (Wildman–Crippen LogP) is 26.3. The van der Waals surface area contributed by atoms with Crippen molar-refractivity contribution in [3.8, 4) is 114 Å². The Balaban J connectivity index is 0.000000122. The van der Waals surface area contributed by atoms with E-state index in [4.69, 9.17) is 46.7 Å². The number of benzene rings is 8. The summed E-state index contributed by atoms with van der Waals surface area (Å²) in [7, 11) is 0. The Morgan fingerprint density at radius 3 is 0.992 bits per heavy atom. The Bertz CT molecular complexity index is 6910. The van der Waals surface area contributed by atoms with Crippen molar-refractivity contribution < 1.29 is 131 Å². The van der Waals surface area contributed by atoms with Gasteiger partial charge in [0.1, 0.15) is 22.6 Å². The molecule has 0 aliphatic rings. The van der Waals surface area contributed by atoms with E-state index in [9.17, 15) is 0 Å². The van der Waals surface area contributed by atoms with Crippen LogP contribution in [0.2, 0.25) is 0 Å². The molecule has 16 aromatic heterocycles. The minimum absolute atomic E-state index is 0. The molecule has 0 unspecified atom stereocenters. The van der Waals surface area contributed by atoms with Gasteiger partial charge in [-0.2, -0.15) is 36.4 Å². The molecule has 0 radical (unpaired) electrons. The number of aromatic nitrogens is 12. The van der Waals surface area contributed by atoms with Crippen LogP contribution in [0.4, 0.5) is 0 Å². The smallest absolute Gasteiger partial charge is 0.551 e. The van der Waals surface area contributed by atoms with Crippen molar-refractivity contribution in [1.82, 2.24) is 58.1 Å².